The van der Waals surface area contributed by atoms with E-state index in [0.717, 1.165) is 24.8 Å². The summed E-state index contributed by atoms with van der Waals surface area (Å²) in [6.07, 6.45) is -5.78. The van der Waals surface area contributed by atoms with Crippen LogP contribution in [0.25, 0.3) is 11.1 Å². The van der Waals surface area contributed by atoms with Gasteiger partial charge in [0.2, 0.25) is 0 Å². The topological polar surface area (TPSA) is 52.6 Å². The molecule has 0 aliphatic carbocycles. The SMILES string of the molecule is COC(=O)[C@@H](I)[C@H]1OC(=O)c2cc(C)ccc2-c2ccc(C(F)(F)F)cc21. The van der Waals surface area contributed by atoms with Gasteiger partial charge in [-0.05, 0) is 36.2 Å². The fourth-order valence-corrected chi connectivity index (χ4v) is 3.77. The molecule has 2 atom stereocenters. The first-order valence-corrected chi connectivity index (χ1v) is 9.13. The van der Waals surface area contributed by atoms with Gasteiger partial charge in [-0.1, -0.05) is 46.4 Å². The predicted octanol–water partition coefficient (Wildman–Crippen LogP) is 4.87. The summed E-state index contributed by atoms with van der Waals surface area (Å²) in [6, 6.07) is 8.23. The second kappa shape index (κ2) is 7.14. The first-order chi connectivity index (χ1) is 12.6. The monoisotopic (exact) mass is 490 g/mol. The van der Waals surface area contributed by atoms with Crippen LogP contribution in [0.2, 0.25) is 0 Å². The fourth-order valence-electron chi connectivity index (χ4n) is 2.98. The Labute approximate surface area is 166 Å². The summed E-state index contributed by atoms with van der Waals surface area (Å²) in [5, 5.41) is 0. The first kappa shape index (κ1) is 19.7. The zero-order valence-corrected chi connectivity index (χ0v) is 16.4. The van der Waals surface area contributed by atoms with E-state index in [1.165, 1.54) is 6.07 Å². The molecule has 4 nitrogen and oxygen atoms in total. The maximum Gasteiger partial charge on any atom is 0.416 e. The number of ether oxygens (including phenoxy) is 2. The average molecular weight is 490 g/mol. The van der Waals surface area contributed by atoms with Crippen molar-refractivity contribution in [2.75, 3.05) is 7.11 Å². The van der Waals surface area contributed by atoms with E-state index in [1.54, 1.807) is 47.7 Å². The number of hydrogen-bond acceptors (Lipinski definition) is 4. The molecule has 0 saturated carbocycles. The van der Waals surface area contributed by atoms with Gasteiger partial charge in [-0.15, -0.1) is 0 Å². The van der Waals surface area contributed by atoms with E-state index in [0.29, 0.717) is 11.1 Å². The van der Waals surface area contributed by atoms with Crippen molar-refractivity contribution in [1.29, 1.82) is 0 Å². The standard InChI is InChI=1S/C19H14F3IO4/c1-9-3-5-12-11-6-4-10(19(20,21)22)8-13(11)16(15(23)18(25)26-2)27-17(24)14(12)7-9/h3-8,15-16H,1-2H3/t15-,16-/m0/s1. The van der Waals surface area contributed by atoms with Crippen molar-refractivity contribution in [2.45, 2.75) is 23.1 Å². The molecule has 1 heterocycles. The summed E-state index contributed by atoms with van der Waals surface area (Å²) in [4.78, 5) is 24.6. The van der Waals surface area contributed by atoms with Crippen molar-refractivity contribution in [3.63, 3.8) is 0 Å². The van der Waals surface area contributed by atoms with Crippen LogP contribution in [0.5, 0.6) is 0 Å². The lowest BCUT2D eigenvalue weighted by Gasteiger charge is -2.22. The van der Waals surface area contributed by atoms with Crippen LogP contribution in [-0.4, -0.2) is 23.0 Å². The minimum atomic E-state index is -4.57. The van der Waals surface area contributed by atoms with Crippen molar-refractivity contribution in [3.8, 4) is 11.1 Å². The summed E-state index contributed by atoms with van der Waals surface area (Å²) >= 11 is 1.72. The number of hydrogen-bond donors (Lipinski definition) is 0. The zero-order chi connectivity index (χ0) is 19.9. The lowest BCUT2D eigenvalue weighted by molar-refractivity contribution is -0.141. The zero-order valence-electron chi connectivity index (χ0n) is 14.3. The number of aryl methyl sites for hydroxylation is 1. The summed E-state index contributed by atoms with van der Waals surface area (Å²) in [5.41, 5.74) is 1.16. The van der Waals surface area contributed by atoms with E-state index < -0.39 is 33.7 Å². The number of fused-ring (bicyclic) bond motifs is 3. The van der Waals surface area contributed by atoms with Gasteiger partial charge >= 0.3 is 18.1 Å². The van der Waals surface area contributed by atoms with Gasteiger partial charge in [0.25, 0.3) is 0 Å². The van der Waals surface area contributed by atoms with E-state index in [4.69, 9.17) is 9.47 Å². The van der Waals surface area contributed by atoms with Crippen LogP contribution in [-0.2, 0) is 20.4 Å². The number of alkyl halides is 4. The average Bonchev–Trinajstić information content (AvgIpc) is 2.74. The Morgan fingerprint density at radius 2 is 1.81 bits per heavy atom. The maximum atomic E-state index is 13.2. The molecule has 0 spiro atoms. The highest BCUT2D eigenvalue weighted by Gasteiger charge is 2.39. The van der Waals surface area contributed by atoms with Gasteiger partial charge in [-0.2, -0.15) is 13.2 Å². The molecule has 1 aliphatic heterocycles. The predicted molar refractivity (Wildman–Crippen MR) is 99.6 cm³/mol. The summed E-state index contributed by atoms with van der Waals surface area (Å²) in [7, 11) is 1.16. The molecule has 0 unspecified atom stereocenters. The van der Waals surface area contributed by atoms with Crippen LogP contribution in [0.1, 0.15) is 33.2 Å². The number of methoxy groups -OCH3 is 1. The molecule has 27 heavy (non-hydrogen) atoms. The molecule has 3 rings (SSSR count). The lowest BCUT2D eigenvalue weighted by Crippen LogP contribution is -2.27. The lowest BCUT2D eigenvalue weighted by atomic mass is 9.91. The summed E-state index contributed by atoms with van der Waals surface area (Å²) in [5.74, 6) is -1.40. The second-order valence-corrected chi connectivity index (χ2v) is 7.44. The van der Waals surface area contributed by atoms with E-state index in [-0.39, 0.29) is 11.1 Å². The summed E-state index contributed by atoms with van der Waals surface area (Å²) < 4.78 is 48.9. The van der Waals surface area contributed by atoms with Crippen molar-refractivity contribution >= 4 is 34.5 Å². The molecule has 2 aromatic rings. The van der Waals surface area contributed by atoms with Gasteiger partial charge in [0.1, 0.15) is 3.92 Å². The van der Waals surface area contributed by atoms with Crippen LogP contribution in [0.3, 0.4) is 0 Å². The Balaban J connectivity index is 2.27. The Bertz CT molecular complexity index is 924. The molecule has 2 aromatic carbocycles. The molecule has 0 amide bonds. The van der Waals surface area contributed by atoms with E-state index in [1.807, 2.05) is 0 Å². The van der Waals surface area contributed by atoms with Gasteiger partial charge < -0.3 is 9.47 Å². The Morgan fingerprint density at radius 1 is 1.15 bits per heavy atom. The van der Waals surface area contributed by atoms with Crippen molar-refractivity contribution < 1.29 is 32.2 Å². The van der Waals surface area contributed by atoms with Crippen LogP contribution in [0.15, 0.2) is 36.4 Å². The summed E-state index contributed by atoms with van der Waals surface area (Å²) in [6.45, 7) is 1.79. The van der Waals surface area contributed by atoms with E-state index in [9.17, 15) is 22.8 Å². The minimum Gasteiger partial charge on any atom is -0.468 e. The molecule has 0 fully saturated rings. The van der Waals surface area contributed by atoms with Crippen LogP contribution in [0.4, 0.5) is 13.2 Å². The number of carbonyl (C=O) groups is 2. The molecule has 0 N–H and O–H groups in total. The van der Waals surface area contributed by atoms with Gasteiger partial charge in [0, 0.05) is 5.56 Å². The molecule has 142 valence electrons. The third-order valence-electron chi connectivity index (χ3n) is 4.30. The molecule has 1 aliphatic rings. The van der Waals surface area contributed by atoms with Crippen molar-refractivity contribution in [1.82, 2.24) is 0 Å². The van der Waals surface area contributed by atoms with Crippen LogP contribution in [0, 0.1) is 6.92 Å². The molecule has 0 saturated heterocycles. The molecular formula is C19H14F3IO4. The van der Waals surface area contributed by atoms with Crippen LogP contribution >= 0.6 is 22.6 Å². The van der Waals surface area contributed by atoms with Crippen molar-refractivity contribution in [2.24, 2.45) is 0 Å². The number of carbonyl (C=O) groups excluding carboxylic acids is 2. The number of esters is 2. The molecule has 0 radical (unpaired) electrons. The third-order valence-corrected chi connectivity index (χ3v) is 5.46. The molecule has 8 heteroatoms. The number of halogens is 4. The van der Waals surface area contributed by atoms with Crippen molar-refractivity contribution in [3.05, 3.63) is 58.7 Å². The van der Waals surface area contributed by atoms with E-state index in [2.05, 4.69) is 0 Å². The van der Waals surface area contributed by atoms with Gasteiger partial charge in [-0.25, -0.2) is 4.79 Å². The van der Waals surface area contributed by atoms with E-state index >= 15 is 0 Å². The fraction of sp³-hybridized carbons (Fsp3) is 0.263. The Hall–Kier alpha value is -2.10. The van der Waals surface area contributed by atoms with Crippen LogP contribution < -0.4 is 0 Å². The highest BCUT2D eigenvalue weighted by Crippen LogP contribution is 2.43. The second-order valence-electron chi connectivity index (χ2n) is 6.10. The number of cyclic esters (lactones) is 1. The quantitative estimate of drug-likeness (QED) is 0.343. The molecule has 0 bridgehead atoms. The highest BCUT2D eigenvalue weighted by molar-refractivity contribution is 14.1. The molecular weight excluding hydrogens is 476 g/mol. The minimum absolute atomic E-state index is 0.116. The molecule has 0 aromatic heterocycles. The maximum absolute atomic E-state index is 13.2. The third kappa shape index (κ3) is 3.67. The van der Waals surface area contributed by atoms with Gasteiger partial charge in [0.15, 0.2) is 6.10 Å². The smallest absolute Gasteiger partial charge is 0.416 e. The Morgan fingerprint density at radius 3 is 2.44 bits per heavy atom. The largest absolute Gasteiger partial charge is 0.468 e. The van der Waals surface area contributed by atoms with Gasteiger partial charge in [-0.3, -0.25) is 4.79 Å². The first-order valence-electron chi connectivity index (χ1n) is 7.88. The highest BCUT2D eigenvalue weighted by atomic mass is 127. The van der Waals surface area contributed by atoms with Gasteiger partial charge in [0.05, 0.1) is 18.2 Å². The normalized spacial score (nSPS) is 17.3. The number of rotatable bonds is 2. The Kier molecular flexibility index (Phi) is 5.20. The number of benzene rings is 2.